The maximum atomic E-state index is 12.0. The van der Waals surface area contributed by atoms with Crippen molar-refractivity contribution in [2.75, 3.05) is 6.61 Å². The molecule has 0 aliphatic carbocycles. The van der Waals surface area contributed by atoms with E-state index >= 15 is 0 Å². The average molecular weight is 279 g/mol. The summed E-state index contributed by atoms with van der Waals surface area (Å²) in [4.78, 5) is 12.0. The molecule has 1 rings (SSSR count). The van der Waals surface area contributed by atoms with Crippen LogP contribution in [0.5, 0.6) is 0 Å². The number of hydrogen-bond donors (Lipinski definition) is 3. The van der Waals surface area contributed by atoms with Gasteiger partial charge in [-0.15, -0.1) is 0 Å². The molecule has 0 radical (unpaired) electrons. The van der Waals surface area contributed by atoms with E-state index in [1.165, 1.54) is 0 Å². The van der Waals surface area contributed by atoms with Gasteiger partial charge in [0.1, 0.15) is 0 Å². The smallest absolute Gasteiger partial charge is 0.251 e. The van der Waals surface area contributed by atoms with Gasteiger partial charge in [-0.05, 0) is 18.6 Å². The number of nitrogens with one attached hydrogen (secondary N) is 1. The summed E-state index contributed by atoms with van der Waals surface area (Å²) in [7, 11) is 0. The molecule has 0 aromatic heterocycles. The van der Waals surface area contributed by atoms with Crippen LogP contribution in [0.3, 0.4) is 0 Å². The number of carbonyl (C=O) groups excluding carboxylic acids is 1. The summed E-state index contributed by atoms with van der Waals surface area (Å²) in [5, 5.41) is 22.0. The maximum absolute atomic E-state index is 12.0. The standard InChI is InChI=1S/C16H25NO3/c1-2-3-4-8-11-15(19)14(12-18)17-16(20)13-9-6-5-7-10-13/h5-7,9-10,14-15,18-19H,2-4,8,11-12H2,1H3,(H,17,20)/t14-,15?/m0/s1. The molecule has 0 fully saturated rings. The zero-order valence-electron chi connectivity index (χ0n) is 12.1. The molecular weight excluding hydrogens is 254 g/mol. The van der Waals surface area contributed by atoms with Crippen LogP contribution >= 0.6 is 0 Å². The number of amides is 1. The average Bonchev–Trinajstić information content (AvgIpc) is 2.49. The van der Waals surface area contributed by atoms with Gasteiger partial charge in [0, 0.05) is 5.56 Å². The van der Waals surface area contributed by atoms with Crippen LogP contribution in [0, 0.1) is 0 Å². The number of hydrogen-bond acceptors (Lipinski definition) is 3. The van der Waals surface area contributed by atoms with E-state index in [4.69, 9.17) is 0 Å². The second-order valence-electron chi connectivity index (χ2n) is 5.05. The van der Waals surface area contributed by atoms with Crippen molar-refractivity contribution in [2.45, 2.75) is 51.2 Å². The van der Waals surface area contributed by atoms with Crippen LogP contribution in [-0.2, 0) is 0 Å². The van der Waals surface area contributed by atoms with E-state index in [0.29, 0.717) is 12.0 Å². The molecule has 1 aromatic rings. The molecule has 0 spiro atoms. The largest absolute Gasteiger partial charge is 0.394 e. The molecule has 4 heteroatoms. The summed E-state index contributed by atoms with van der Waals surface area (Å²) in [5.41, 5.74) is 0.532. The Hall–Kier alpha value is -1.39. The van der Waals surface area contributed by atoms with Crippen molar-refractivity contribution in [3.63, 3.8) is 0 Å². The van der Waals surface area contributed by atoms with E-state index in [-0.39, 0.29) is 12.5 Å². The molecule has 0 saturated carbocycles. The molecule has 20 heavy (non-hydrogen) atoms. The molecule has 0 heterocycles. The molecule has 0 bridgehead atoms. The number of rotatable bonds is 9. The first-order valence-corrected chi connectivity index (χ1v) is 7.33. The van der Waals surface area contributed by atoms with Crippen molar-refractivity contribution >= 4 is 5.91 Å². The third-order valence-corrected chi connectivity index (χ3v) is 3.37. The zero-order valence-corrected chi connectivity index (χ0v) is 12.1. The Morgan fingerprint density at radius 2 is 1.90 bits per heavy atom. The van der Waals surface area contributed by atoms with E-state index < -0.39 is 12.1 Å². The zero-order chi connectivity index (χ0) is 14.8. The Labute approximate surface area is 120 Å². The van der Waals surface area contributed by atoms with Crippen LogP contribution in [0.15, 0.2) is 30.3 Å². The van der Waals surface area contributed by atoms with Crippen LogP contribution in [0.2, 0.25) is 0 Å². The second kappa shape index (κ2) is 9.50. The predicted octanol–water partition coefficient (Wildman–Crippen LogP) is 2.11. The highest BCUT2D eigenvalue weighted by Crippen LogP contribution is 2.09. The van der Waals surface area contributed by atoms with Crippen LogP contribution in [-0.4, -0.2) is 34.9 Å². The second-order valence-corrected chi connectivity index (χ2v) is 5.05. The van der Waals surface area contributed by atoms with Crippen LogP contribution in [0.4, 0.5) is 0 Å². The third kappa shape index (κ3) is 5.72. The van der Waals surface area contributed by atoms with Gasteiger partial charge in [-0.1, -0.05) is 50.8 Å². The molecule has 1 aromatic carbocycles. The van der Waals surface area contributed by atoms with E-state index in [2.05, 4.69) is 12.2 Å². The first-order valence-electron chi connectivity index (χ1n) is 7.33. The van der Waals surface area contributed by atoms with Gasteiger partial charge in [-0.2, -0.15) is 0 Å². The minimum Gasteiger partial charge on any atom is -0.394 e. The fourth-order valence-corrected chi connectivity index (χ4v) is 2.09. The Morgan fingerprint density at radius 3 is 2.50 bits per heavy atom. The Morgan fingerprint density at radius 1 is 1.20 bits per heavy atom. The summed E-state index contributed by atoms with van der Waals surface area (Å²) in [6.45, 7) is 1.88. The lowest BCUT2D eigenvalue weighted by atomic mass is 10.0. The van der Waals surface area contributed by atoms with Gasteiger partial charge >= 0.3 is 0 Å². The number of aliphatic hydroxyl groups is 2. The topological polar surface area (TPSA) is 69.6 Å². The maximum Gasteiger partial charge on any atom is 0.251 e. The Bertz CT molecular complexity index is 381. The van der Waals surface area contributed by atoms with Gasteiger partial charge in [0.2, 0.25) is 0 Å². The molecule has 4 nitrogen and oxygen atoms in total. The van der Waals surface area contributed by atoms with Crippen molar-refractivity contribution in [3.05, 3.63) is 35.9 Å². The lowest BCUT2D eigenvalue weighted by Crippen LogP contribution is -2.45. The third-order valence-electron chi connectivity index (χ3n) is 3.37. The summed E-state index contributed by atoms with van der Waals surface area (Å²) in [6.07, 6.45) is 4.16. The fourth-order valence-electron chi connectivity index (χ4n) is 2.09. The van der Waals surface area contributed by atoms with Crippen molar-refractivity contribution in [3.8, 4) is 0 Å². The monoisotopic (exact) mass is 279 g/mol. The summed E-state index contributed by atoms with van der Waals surface area (Å²) < 4.78 is 0. The summed E-state index contributed by atoms with van der Waals surface area (Å²) in [5.74, 6) is -0.266. The lowest BCUT2D eigenvalue weighted by Gasteiger charge is -2.22. The van der Waals surface area contributed by atoms with Crippen molar-refractivity contribution in [2.24, 2.45) is 0 Å². The number of carbonyl (C=O) groups is 1. The van der Waals surface area contributed by atoms with E-state index in [1.54, 1.807) is 24.3 Å². The molecular formula is C16H25NO3. The van der Waals surface area contributed by atoms with E-state index in [9.17, 15) is 15.0 Å². The summed E-state index contributed by atoms with van der Waals surface area (Å²) in [6, 6.07) is 8.20. The van der Waals surface area contributed by atoms with Crippen LogP contribution in [0.1, 0.15) is 49.4 Å². The first kappa shape index (κ1) is 16.7. The number of benzene rings is 1. The molecule has 0 aliphatic rings. The highest BCUT2D eigenvalue weighted by molar-refractivity contribution is 5.94. The van der Waals surface area contributed by atoms with Gasteiger partial charge in [-0.25, -0.2) is 0 Å². The molecule has 1 unspecified atom stereocenters. The fraction of sp³-hybridized carbons (Fsp3) is 0.562. The quantitative estimate of drug-likeness (QED) is 0.606. The van der Waals surface area contributed by atoms with Crippen LogP contribution < -0.4 is 5.32 Å². The molecule has 1 amide bonds. The van der Waals surface area contributed by atoms with Gasteiger partial charge in [-0.3, -0.25) is 4.79 Å². The number of unbranched alkanes of at least 4 members (excludes halogenated alkanes) is 3. The molecule has 0 saturated heterocycles. The normalized spacial score (nSPS) is 13.8. The van der Waals surface area contributed by atoms with E-state index in [1.807, 2.05) is 6.07 Å². The van der Waals surface area contributed by atoms with Crippen molar-refractivity contribution in [1.82, 2.24) is 5.32 Å². The van der Waals surface area contributed by atoms with Gasteiger partial charge in [0.05, 0.1) is 18.8 Å². The molecule has 0 aliphatic heterocycles. The SMILES string of the molecule is CCCCCCC(O)[C@H](CO)NC(=O)c1ccccc1. The highest BCUT2D eigenvalue weighted by atomic mass is 16.3. The minimum atomic E-state index is -0.704. The Kier molecular flexibility index (Phi) is 7.92. The van der Waals surface area contributed by atoms with Crippen molar-refractivity contribution < 1.29 is 15.0 Å². The van der Waals surface area contributed by atoms with Crippen molar-refractivity contribution in [1.29, 1.82) is 0 Å². The number of aliphatic hydroxyl groups excluding tert-OH is 2. The summed E-state index contributed by atoms with van der Waals surface area (Å²) >= 11 is 0. The van der Waals surface area contributed by atoms with E-state index in [0.717, 1.165) is 25.7 Å². The molecule has 3 N–H and O–H groups in total. The van der Waals surface area contributed by atoms with Gasteiger partial charge in [0.25, 0.3) is 5.91 Å². The minimum absolute atomic E-state index is 0.256. The Balaban J connectivity index is 2.43. The van der Waals surface area contributed by atoms with Crippen LogP contribution in [0.25, 0.3) is 0 Å². The highest BCUT2D eigenvalue weighted by Gasteiger charge is 2.20. The first-order chi connectivity index (χ1) is 9.69. The lowest BCUT2D eigenvalue weighted by molar-refractivity contribution is 0.0662. The predicted molar refractivity (Wildman–Crippen MR) is 79.5 cm³/mol. The van der Waals surface area contributed by atoms with Gasteiger partial charge in [0.15, 0.2) is 0 Å². The molecule has 2 atom stereocenters. The molecule has 112 valence electrons. The van der Waals surface area contributed by atoms with Gasteiger partial charge < -0.3 is 15.5 Å².